The highest BCUT2D eigenvalue weighted by molar-refractivity contribution is 7.89. The van der Waals surface area contributed by atoms with Crippen molar-refractivity contribution >= 4 is 27.6 Å². The van der Waals surface area contributed by atoms with Gasteiger partial charge in [0.05, 0.1) is 17.4 Å². The number of carbonyl (C=O) groups is 1. The number of nitrogens with zero attached hydrogens (tertiary/aromatic N) is 2. The number of aromatic nitrogens is 1. The van der Waals surface area contributed by atoms with Crippen LogP contribution in [0.1, 0.15) is 27.7 Å². The van der Waals surface area contributed by atoms with E-state index in [0.29, 0.717) is 12.3 Å². The van der Waals surface area contributed by atoms with Crippen LogP contribution in [0.15, 0.2) is 36.5 Å². The van der Waals surface area contributed by atoms with Crippen molar-refractivity contribution in [2.75, 3.05) is 18.1 Å². The van der Waals surface area contributed by atoms with Crippen molar-refractivity contribution < 1.29 is 30.8 Å². The number of pyridine rings is 1. The molecule has 0 aliphatic carbocycles. The summed E-state index contributed by atoms with van der Waals surface area (Å²) in [5, 5.41) is 12.6. The quantitative estimate of drug-likeness (QED) is 0.628. The summed E-state index contributed by atoms with van der Waals surface area (Å²) in [6.45, 7) is 0. The van der Waals surface area contributed by atoms with E-state index in [1.54, 1.807) is 0 Å². The number of benzene rings is 1. The molecule has 1 fully saturated rings. The summed E-state index contributed by atoms with van der Waals surface area (Å²) in [6, 6.07) is 3.92. The summed E-state index contributed by atoms with van der Waals surface area (Å²) in [6.07, 6.45) is -4.08. The van der Waals surface area contributed by atoms with Crippen LogP contribution in [0.3, 0.4) is 0 Å². The molecule has 0 unspecified atom stereocenters. The van der Waals surface area contributed by atoms with Crippen LogP contribution in [0.4, 0.5) is 23.2 Å². The first-order valence-corrected chi connectivity index (χ1v) is 9.95. The molecule has 0 bridgehead atoms. The van der Waals surface area contributed by atoms with Gasteiger partial charge in [0.1, 0.15) is 11.5 Å². The zero-order valence-corrected chi connectivity index (χ0v) is 16.1. The predicted molar refractivity (Wildman–Crippen MR) is 98.7 cm³/mol. The first kappa shape index (κ1) is 21.5. The van der Waals surface area contributed by atoms with Gasteiger partial charge in [-0.05, 0) is 30.3 Å². The van der Waals surface area contributed by atoms with E-state index < -0.39 is 51.2 Å². The minimum atomic E-state index is -4.59. The number of hydrogen-bond acceptors (Lipinski definition) is 5. The van der Waals surface area contributed by atoms with Crippen molar-refractivity contribution in [3.63, 3.8) is 0 Å². The number of sulfonamides is 1. The van der Waals surface area contributed by atoms with E-state index in [1.165, 1.54) is 19.2 Å². The van der Waals surface area contributed by atoms with E-state index in [1.807, 2.05) is 0 Å². The number of guanidine groups is 1. The highest BCUT2D eigenvalue weighted by Crippen LogP contribution is 2.29. The third-order valence-electron chi connectivity index (χ3n) is 4.37. The molecule has 1 aromatic carbocycles. The van der Waals surface area contributed by atoms with Crippen LogP contribution in [-0.4, -0.2) is 42.4 Å². The third kappa shape index (κ3) is 4.35. The molecule has 1 aliphatic rings. The number of alkyl halides is 3. The van der Waals surface area contributed by atoms with Gasteiger partial charge >= 0.3 is 6.18 Å². The van der Waals surface area contributed by atoms with Crippen LogP contribution in [-0.2, 0) is 16.2 Å². The molecule has 2 aromatic rings. The number of nitrogens with one attached hydrogen (secondary N) is 3. The van der Waals surface area contributed by atoms with Gasteiger partial charge in [-0.1, -0.05) is 0 Å². The van der Waals surface area contributed by atoms with Gasteiger partial charge in [0.15, 0.2) is 0 Å². The number of amides is 1. The molecule has 1 amide bonds. The normalized spacial score (nSPS) is 18.6. The van der Waals surface area contributed by atoms with Gasteiger partial charge in [0, 0.05) is 24.5 Å². The molecule has 1 atom stereocenters. The van der Waals surface area contributed by atoms with Crippen molar-refractivity contribution in [2.24, 2.45) is 0 Å². The van der Waals surface area contributed by atoms with Gasteiger partial charge in [-0.3, -0.25) is 15.2 Å². The Morgan fingerprint density at radius 3 is 2.57 bits per heavy atom. The molecule has 0 radical (unpaired) electrons. The number of rotatable bonds is 3. The predicted octanol–water partition coefficient (Wildman–Crippen LogP) is 2.33. The maximum Gasteiger partial charge on any atom is 0.417 e. The first-order valence-electron chi connectivity index (χ1n) is 8.34. The lowest BCUT2D eigenvalue weighted by atomic mass is 10.1. The zero-order valence-electron chi connectivity index (χ0n) is 15.3. The number of carbonyl (C=O) groups excluding carboxylic acids is 1. The van der Waals surface area contributed by atoms with Crippen LogP contribution >= 0.6 is 0 Å². The average molecular weight is 445 g/mol. The maximum atomic E-state index is 14.3. The molecule has 0 saturated carbocycles. The van der Waals surface area contributed by atoms with Gasteiger partial charge in [-0.2, -0.15) is 13.2 Å². The second-order valence-electron chi connectivity index (χ2n) is 6.41. The molecular weight excluding hydrogens is 430 g/mol. The molecule has 1 aromatic heterocycles. The zero-order chi connectivity index (χ0) is 22.3. The molecule has 8 nitrogen and oxygen atoms in total. The smallest absolute Gasteiger partial charge is 0.348 e. The topological polar surface area (TPSA) is 115 Å². The summed E-state index contributed by atoms with van der Waals surface area (Å²) >= 11 is 0. The fourth-order valence-corrected chi connectivity index (χ4v) is 3.94. The molecule has 13 heteroatoms. The van der Waals surface area contributed by atoms with Crippen molar-refractivity contribution in [2.45, 2.75) is 12.2 Å². The highest BCUT2D eigenvalue weighted by Gasteiger charge is 2.34. The van der Waals surface area contributed by atoms with Crippen LogP contribution in [0.2, 0.25) is 0 Å². The molecule has 3 rings (SSSR count). The van der Waals surface area contributed by atoms with Crippen LogP contribution in [0, 0.1) is 11.2 Å². The van der Waals surface area contributed by atoms with E-state index in [0.717, 1.165) is 16.4 Å². The third-order valence-corrected chi connectivity index (χ3v) is 6.14. The maximum absolute atomic E-state index is 14.3. The summed E-state index contributed by atoms with van der Waals surface area (Å²) in [4.78, 5) is 15.7. The Labute approximate surface area is 168 Å². The lowest BCUT2D eigenvalue weighted by Gasteiger charge is -2.32. The van der Waals surface area contributed by atoms with Gasteiger partial charge < -0.3 is 10.6 Å². The molecule has 2 heterocycles. The van der Waals surface area contributed by atoms with E-state index in [-0.39, 0.29) is 16.9 Å². The monoisotopic (exact) mass is 445 g/mol. The molecule has 30 heavy (non-hydrogen) atoms. The minimum absolute atomic E-state index is 0.0720. The summed E-state index contributed by atoms with van der Waals surface area (Å²) in [7, 11) is -2.64. The van der Waals surface area contributed by atoms with E-state index >= 15 is 0 Å². The summed E-state index contributed by atoms with van der Waals surface area (Å²) in [5.74, 6) is -2.54. The average Bonchev–Trinajstić information content (AvgIpc) is 2.66. The Morgan fingerprint density at radius 2 is 2.00 bits per heavy atom. The molecular formula is C17H15F4N5O3S. The lowest BCUT2D eigenvalue weighted by molar-refractivity contribution is -0.137. The molecule has 0 spiro atoms. The Bertz CT molecular complexity index is 1100. The second kappa shape index (κ2) is 7.55. The number of anilines is 1. The highest BCUT2D eigenvalue weighted by atomic mass is 32.2. The first-order chi connectivity index (χ1) is 13.9. The van der Waals surface area contributed by atoms with E-state index in [2.05, 4.69) is 15.6 Å². The lowest BCUT2D eigenvalue weighted by Crippen LogP contribution is -2.52. The fraction of sp³-hybridized carbons (Fsp3) is 0.235. The number of hydrogen-bond donors (Lipinski definition) is 3. The van der Waals surface area contributed by atoms with E-state index in [9.17, 15) is 30.8 Å². The van der Waals surface area contributed by atoms with Gasteiger partial charge in [-0.15, -0.1) is 0 Å². The van der Waals surface area contributed by atoms with Crippen molar-refractivity contribution in [3.05, 3.63) is 59.2 Å². The molecule has 1 aliphatic heterocycles. The van der Waals surface area contributed by atoms with Crippen molar-refractivity contribution in [3.8, 4) is 0 Å². The largest absolute Gasteiger partial charge is 0.417 e. The summed E-state index contributed by atoms with van der Waals surface area (Å²) in [5.41, 5.74) is -1.34. The standard InChI is InChI=1S/C17H15F4N5O3S/c1-26-16(22)25-14(8-30(26,28)29)11-6-10(3-4-12(11)18)24-15(27)13-5-2-9(7-23-13)17(19,20)21/h2-7,14H,8H2,1H3,(H2,22,25)(H,24,27)/t14-/m0/s1. The van der Waals surface area contributed by atoms with Gasteiger partial charge in [0.25, 0.3) is 5.91 Å². The second-order valence-corrected chi connectivity index (χ2v) is 8.46. The van der Waals surface area contributed by atoms with Crippen LogP contribution in [0.5, 0.6) is 0 Å². The van der Waals surface area contributed by atoms with Crippen LogP contribution in [0.25, 0.3) is 0 Å². The minimum Gasteiger partial charge on any atom is -0.348 e. The molecule has 160 valence electrons. The van der Waals surface area contributed by atoms with E-state index in [4.69, 9.17) is 5.41 Å². The Morgan fingerprint density at radius 1 is 1.30 bits per heavy atom. The van der Waals surface area contributed by atoms with Gasteiger partial charge in [-0.25, -0.2) is 17.1 Å². The number of halogens is 4. The van der Waals surface area contributed by atoms with Crippen molar-refractivity contribution in [1.82, 2.24) is 14.6 Å². The molecule has 3 N–H and O–H groups in total. The molecule has 1 saturated heterocycles. The van der Waals surface area contributed by atoms with Crippen LogP contribution < -0.4 is 10.6 Å². The summed E-state index contributed by atoms with van der Waals surface area (Å²) < 4.78 is 77.0. The van der Waals surface area contributed by atoms with Crippen molar-refractivity contribution in [1.29, 1.82) is 5.41 Å². The Balaban J connectivity index is 1.82. The Hall–Kier alpha value is -3.22. The SMILES string of the molecule is CN1C(=N)N[C@H](c2cc(NC(=O)c3ccc(C(F)(F)F)cn3)ccc2F)CS1(=O)=O. The fourth-order valence-electron chi connectivity index (χ4n) is 2.71. The van der Waals surface area contributed by atoms with Gasteiger partial charge in [0.2, 0.25) is 16.0 Å². The Kier molecular flexibility index (Phi) is 5.41.